The van der Waals surface area contributed by atoms with Gasteiger partial charge in [0.05, 0.1) is 6.61 Å². The highest BCUT2D eigenvalue weighted by molar-refractivity contribution is 5.98. The van der Waals surface area contributed by atoms with Crippen LogP contribution < -0.4 is 4.74 Å². The molecule has 1 aromatic carbocycles. The van der Waals surface area contributed by atoms with Crippen molar-refractivity contribution in [1.29, 1.82) is 0 Å². The summed E-state index contributed by atoms with van der Waals surface area (Å²) in [6, 6.07) is 5.79. The van der Waals surface area contributed by atoms with E-state index < -0.39 is 0 Å². The van der Waals surface area contributed by atoms with E-state index in [-0.39, 0.29) is 12.1 Å². The highest BCUT2D eigenvalue weighted by Gasteiger charge is 2.19. The normalized spacial score (nSPS) is 23.6. The summed E-state index contributed by atoms with van der Waals surface area (Å²) in [5.41, 5.74) is 2.00. The average molecular weight is 246 g/mol. The molecule has 0 amide bonds. The van der Waals surface area contributed by atoms with Gasteiger partial charge < -0.3 is 9.47 Å². The summed E-state index contributed by atoms with van der Waals surface area (Å²) < 4.78 is 11.4. The number of Topliss-reactive ketones (excluding diaryl/α,β-unsaturated/α-hetero) is 1. The van der Waals surface area contributed by atoms with E-state index in [0.29, 0.717) is 6.42 Å². The minimum Gasteiger partial charge on any atom is -0.465 e. The molecule has 3 rings (SSSR count). The zero-order chi connectivity index (χ0) is 12.4. The van der Waals surface area contributed by atoms with Crippen molar-refractivity contribution in [3.63, 3.8) is 0 Å². The van der Waals surface area contributed by atoms with E-state index in [1.165, 1.54) is 0 Å². The summed E-state index contributed by atoms with van der Waals surface area (Å²) in [6.45, 7) is 0.786. The molecule has 0 unspecified atom stereocenters. The van der Waals surface area contributed by atoms with Gasteiger partial charge in [-0.3, -0.25) is 4.79 Å². The first-order valence-electron chi connectivity index (χ1n) is 6.77. The van der Waals surface area contributed by atoms with Crippen LogP contribution >= 0.6 is 0 Å². The molecule has 1 aromatic rings. The van der Waals surface area contributed by atoms with Crippen molar-refractivity contribution in [3.05, 3.63) is 29.3 Å². The lowest BCUT2D eigenvalue weighted by atomic mass is 9.90. The lowest BCUT2D eigenvalue weighted by molar-refractivity contribution is -0.105. The maximum absolute atomic E-state index is 11.7. The monoisotopic (exact) mass is 246 g/mol. The van der Waals surface area contributed by atoms with Crippen LogP contribution in [0.1, 0.15) is 48.0 Å². The molecule has 0 aromatic heterocycles. The largest absolute Gasteiger partial charge is 0.465 e. The topological polar surface area (TPSA) is 35.5 Å². The van der Waals surface area contributed by atoms with Crippen LogP contribution in [0.2, 0.25) is 0 Å². The molecule has 0 spiro atoms. The molecular formula is C15H18O3. The zero-order valence-corrected chi connectivity index (χ0v) is 10.5. The Kier molecular flexibility index (Phi) is 3.33. The molecule has 1 aliphatic carbocycles. The molecule has 0 bridgehead atoms. The van der Waals surface area contributed by atoms with Gasteiger partial charge in [-0.15, -0.1) is 0 Å². The van der Waals surface area contributed by atoms with Crippen LogP contribution in [0.25, 0.3) is 0 Å². The van der Waals surface area contributed by atoms with E-state index in [1.54, 1.807) is 0 Å². The standard InChI is InChI=1S/C15H18O3/c16-14-5-3-4-11-10-12(7-8-13(11)14)18-15-6-1-2-9-17-15/h7-8,10,15H,1-6,9H2/t15-/m1/s1. The number of hydrogen-bond donors (Lipinski definition) is 0. The highest BCUT2D eigenvalue weighted by Crippen LogP contribution is 2.27. The summed E-state index contributed by atoms with van der Waals surface area (Å²) in [4.78, 5) is 11.7. The van der Waals surface area contributed by atoms with Crippen molar-refractivity contribution in [3.8, 4) is 5.75 Å². The Labute approximate surface area is 107 Å². The fraction of sp³-hybridized carbons (Fsp3) is 0.533. The van der Waals surface area contributed by atoms with Crippen LogP contribution in [-0.4, -0.2) is 18.7 Å². The lowest BCUT2D eigenvalue weighted by Gasteiger charge is -2.24. The van der Waals surface area contributed by atoms with Gasteiger partial charge >= 0.3 is 0 Å². The van der Waals surface area contributed by atoms with E-state index in [2.05, 4.69) is 0 Å². The Morgan fingerprint density at radius 3 is 2.94 bits per heavy atom. The fourth-order valence-electron chi connectivity index (χ4n) is 2.65. The van der Waals surface area contributed by atoms with Crippen LogP contribution in [0, 0.1) is 0 Å². The molecule has 0 radical (unpaired) electrons. The van der Waals surface area contributed by atoms with Crippen molar-refractivity contribution in [2.45, 2.75) is 44.8 Å². The minimum absolute atomic E-state index is 0.115. The van der Waals surface area contributed by atoms with Gasteiger partial charge in [0.1, 0.15) is 5.75 Å². The second-order valence-electron chi connectivity index (χ2n) is 5.01. The number of ketones is 1. The number of ether oxygens (including phenoxy) is 2. The van der Waals surface area contributed by atoms with Crippen LogP contribution in [0.4, 0.5) is 0 Å². The van der Waals surface area contributed by atoms with Gasteiger partial charge in [0.15, 0.2) is 12.1 Å². The Morgan fingerprint density at radius 2 is 2.11 bits per heavy atom. The van der Waals surface area contributed by atoms with Gasteiger partial charge in [0.25, 0.3) is 0 Å². The van der Waals surface area contributed by atoms with E-state index in [1.807, 2.05) is 18.2 Å². The van der Waals surface area contributed by atoms with Crippen molar-refractivity contribution in [1.82, 2.24) is 0 Å². The van der Waals surface area contributed by atoms with Crippen molar-refractivity contribution in [2.75, 3.05) is 6.61 Å². The smallest absolute Gasteiger partial charge is 0.199 e. The molecule has 3 heteroatoms. The third kappa shape index (κ3) is 2.41. The maximum atomic E-state index is 11.7. The van der Waals surface area contributed by atoms with Crippen molar-refractivity contribution >= 4 is 5.78 Å². The van der Waals surface area contributed by atoms with Crippen LogP contribution in [0.3, 0.4) is 0 Å². The summed E-state index contributed by atoms with van der Waals surface area (Å²) in [6.07, 6.45) is 5.73. The number of fused-ring (bicyclic) bond motifs is 1. The first-order valence-corrected chi connectivity index (χ1v) is 6.77. The van der Waals surface area contributed by atoms with Gasteiger partial charge in [0, 0.05) is 18.4 Å². The molecule has 1 aliphatic heterocycles. The Morgan fingerprint density at radius 1 is 1.17 bits per heavy atom. The molecule has 1 heterocycles. The van der Waals surface area contributed by atoms with E-state index in [9.17, 15) is 4.79 Å². The Bertz CT molecular complexity index is 447. The first-order chi connectivity index (χ1) is 8.83. The van der Waals surface area contributed by atoms with Gasteiger partial charge in [-0.1, -0.05) is 0 Å². The van der Waals surface area contributed by atoms with Gasteiger partial charge in [0.2, 0.25) is 0 Å². The van der Waals surface area contributed by atoms with Gasteiger partial charge in [-0.2, -0.15) is 0 Å². The lowest BCUT2D eigenvalue weighted by Crippen LogP contribution is -2.25. The number of rotatable bonds is 2. The Hall–Kier alpha value is -1.35. The van der Waals surface area contributed by atoms with Crippen molar-refractivity contribution < 1.29 is 14.3 Å². The minimum atomic E-state index is -0.115. The van der Waals surface area contributed by atoms with Crippen molar-refractivity contribution in [2.24, 2.45) is 0 Å². The molecule has 1 fully saturated rings. The predicted molar refractivity (Wildman–Crippen MR) is 67.9 cm³/mol. The van der Waals surface area contributed by atoms with E-state index >= 15 is 0 Å². The zero-order valence-electron chi connectivity index (χ0n) is 10.5. The molecule has 1 atom stereocenters. The molecule has 3 nitrogen and oxygen atoms in total. The predicted octanol–water partition coefficient (Wildman–Crippen LogP) is 3.11. The molecule has 2 aliphatic rings. The van der Waals surface area contributed by atoms with E-state index in [0.717, 1.165) is 55.6 Å². The molecule has 0 saturated carbocycles. The average Bonchev–Trinajstić information content (AvgIpc) is 2.40. The third-order valence-electron chi connectivity index (χ3n) is 3.63. The second kappa shape index (κ2) is 5.11. The van der Waals surface area contributed by atoms with Crippen LogP contribution in [0.5, 0.6) is 5.75 Å². The van der Waals surface area contributed by atoms with Gasteiger partial charge in [-0.25, -0.2) is 0 Å². The first kappa shape index (κ1) is 11.7. The van der Waals surface area contributed by atoms with Crippen LogP contribution in [0.15, 0.2) is 18.2 Å². The second-order valence-corrected chi connectivity index (χ2v) is 5.01. The summed E-state index contributed by atoms with van der Waals surface area (Å²) >= 11 is 0. The highest BCUT2D eigenvalue weighted by atomic mass is 16.7. The number of aryl methyl sites for hydroxylation is 1. The number of carbonyl (C=O) groups is 1. The number of hydrogen-bond acceptors (Lipinski definition) is 3. The molecule has 0 N–H and O–H groups in total. The fourth-order valence-corrected chi connectivity index (χ4v) is 2.65. The summed E-state index contributed by atoms with van der Waals surface area (Å²) in [7, 11) is 0. The quantitative estimate of drug-likeness (QED) is 0.804. The van der Waals surface area contributed by atoms with Crippen LogP contribution in [-0.2, 0) is 11.2 Å². The maximum Gasteiger partial charge on any atom is 0.199 e. The SMILES string of the molecule is O=C1CCCc2cc(O[C@@H]3CCCCO3)ccc21. The summed E-state index contributed by atoms with van der Waals surface area (Å²) in [5, 5.41) is 0. The molecule has 1 saturated heterocycles. The summed E-state index contributed by atoms with van der Waals surface area (Å²) in [5.74, 6) is 1.09. The number of benzene rings is 1. The van der Waals surface area contributed by atoms with E-state index in [4.69, 9.17) is 9.47 Å². The van der Waals surface area contributed by atoms with Gasteiger partial charge in [-0.05, 0) is 49.4 Å². The molecule has 18 heavy (non-hydrogen) atoms. The molecular weight excluding hydrogens is 228 g/mol. The Balaban J connectivity index is 1.75. The molecule has 96 valence electrons. The third-order valence-corrected chi connectivity index (χ3v) is 3.63. The number of carbonyl (C=O) groups excluding carboxylic acids is 1.